The van der Waals surface area contributed by atoms with Crippen molar-refractivity contribution in [3.05, 3.63) is 29.6 Å². The molecule has 1 aliphatic rings. The van der Waals surface area contributed by atoms with E-state index in [1.807, 2.05) is 0 Å². The Labute approximate surface area is 126 Å². The fourth-order valence-corrected chi connectivity index (χ4v) is 2.64. The Hall–Kier alpha value is -1.17. The first-order chi connectivity index (χ1) is 10.2. The summed E-state index contributed by atoms with van der Waals surface area (Å²) in [6, 6.07) is 4.88. The third-order valence-corrected chi connectivity index (χ3v) is 3.83. The lowest BCUT2D eigenvalue weighted by Crippen LogP contribution is -2.47. The maximum absolute atomic E-state index is 14.4. The van der Waals surface area contributed by atoms with Crippen molar-refractivity contribution in [3.8, 4) is 5.75 Å². The zero-order chi connectivity index (χ0) is 15.2. The average molecular weight is 296 g/mol. The number of hydrogen-bond donors (Lipinski definition) is 1. The smallest absolute Gasteiger partial charge is 0.131 e. The summed E-state index contributed by atoms with van der Waals surface area (Å²) >= 11 is 0. The van der Waals surface area contributed by atoms with Gasteiger partial charge in [-0.15, -0.1) is 0 Å². The highest BCUT2D eigenvalue weighted by molar-refractivity contribution is 5.31. The quantitative estimate of drug-likeness (QED) is 0.872. The molecule has 1 heterocycles. The molecule has 1 N–H and O–H groups in total. The zero-order valence-electron chi connectivity index (χ0n) is 13.1. The second kappa shape index (κ2) is 7.73. The highest BCUT2D eigenvalue weighted by Gasteiger charge is 2.29. The van der Waals surface area contributed by atoms with Gasteiger partial charge < -0.3 is 19.7 Å². The van der Waals surface area contributed by atoms with Crippen LogP contribution in [-0.4, -0.2) is 51.4 Å². The van der Waals surface area contributed by atoms with Gasteiger partial charge in [-0.1, -0.05) is 13.0 Å². The lowest BCUT2D eigenvalue weighted by molar-refractivity contribution is -0.0397. The minimum Gasteiger partial charge on any atom is -0.497 e. The standard InChI is InChI=1S/C16H25FN2O2/c1-4-7-18-16(15-11-19(2)8-9-21-15)13-6-5-12(20-3)10-14(13)17/h5-6,10,15-16,18H,4,7-9,11H2,1-3H3. The van der Waals surface area contributed by atoms with E-state index in [-0.39, 0.29) is 18.0 Å². The van der Waals surface area contributed by atoms with Gasteiger partial charge in [0, 0.05) is 24.7 Å². The van der Waals surface area contributed by atoms with Crippen molar-refractivity contribution < 1.29 is 13.9 Å². The fraction of sp³-hybridized carbons (Fsp3) is 0.625. The molecule has 1 aliphatic heterocycles. The molecular formula is C16H25FN2O2. The molecule has 0 bridgehead atoms. The first kappa shape index (κ1) is 16.2. The monoisotopic (exact) mass is 296 g/mol. The van der Waals surface area contributed by atoms with E-state index in [1.165, 1.54) is 6.07 Å². The van der Waals surface area contributed by atoms with Crippen molar-refractivity contribution in [1.82, 2.24) is 10.2 Å². The Morgan fingerprint density at radius 1 is 1.52 bits per heavy atom. The molecule has 1 fully saturated rings. The van der Waals surface area contributed by atoms with Gasteiger partial charge in [-0.05, 0) is 26.1 Å². The first-order valence-corrected chi connectivity index (χ1v) is 7.52. The minimum atomic E-state index is -0.250. The number of nitrogens with one attached hydrogen (secondary N) is 1. The SMILES string of the molecule is CCCNC(c1ccc(OC)cc1F)C1CN(C)CCO1. The number of hydrogen-bond acceptors (Lipinski definition) is 4. The summed E-state index contributed by atoms with van der Waals surface area (Å²) in [6.07, 6.45) is 0.954. The molecular weight excluding hydrogens is 271 g/mol. The number of ether oxygens (including phenoxy) is 2. The Kier molecular flexibility index (Phi) is 5.96. The Morgan fingerprint density at radius 2 is 2.33 bits per heavy atom. The number of benzene rings is 1. The maximum Gasteiger partial charge on any atom is 0.131 e. The zero-order valence-corrected chi connectivity index (χ0v) is 13.1. The van der Waals surface area contributed by atoms with Crippen LogP contribution in [0.4, 0.5) is 4.39 Å². The van der Waals surface area contributed by atoms with Gasteiger partial charge in [-0.25, -0.2) is 4.39 Å². The number of methoxy groups -OCH3 is 1. The van der Waals surface area contributed by atoms with Gasteiger partial charge in [0.2, 0.25) is 0 Å². The number of morpholine rings is 1. The molecule has 5 heteroatoms. The average Bonchev–Trinajstić information content (AvgIpc) is 2.49. The van der Waals surface area contributed by atoms with Crippen LogP contribution in [0.1, 0.15) is 24.9 Å². The molecule has 0 amide bonds. The highest BCUT2D eigenvalue weighted by Crippen LogP contribution is 2.27. The Morgan fingerprint density at radius 3 is 2.95 bits per heavy atom. The molecule has 1 aromatic rings. The van der Waals surface area contributed by atoms with Crippen molar-refractivity contribution in [2.75, 3.05) is 40.4 Å². The first-order valence-electron chi connectivity index (χ1n) is 7.52. The lowest BCUT2D eigenvalue weighted by Gasteiger charge is -2.36. The van der Waals surface area contributed by atoms with Gasteiger partial charge in [0.15, 0.2) is 0 Å². The molecule has 0 saturated carbocycles. The molecule has 2 atom stereocenters. The van der Waals surface area contributed by atoms with E-state index >= 15 is 0 Å². The molecule has 4 nitrogen and oxygen atoms in total. The van der Waals surface area contributed by atoms with Crippen molar-refractivity contribution in [2.24, 2.45) is 0 Å². The van der Waals surface area contributed by atoms with Crippen molar-refractivity contribution in [1.29, 1.82) is 0 Å². The van der Waals surface area contributed by atoms with Gasteiger partial charge in [0.1, 0.15) is 11.6 Å². The Bertz CT molecular complexity index is 456. The molecule has 2 unspecified atom stereocenters. The summed E-state index contributed by atoms with van der Waals surface area (Å²) in [5, 5.41) is 3.42. The van der Waals surface area contributed by atoms with E-state index in [2.05, 4.69) is 24.2 Å². The predicted molar refractivity (Wildman–Crippen MR) is 81.2 cm³/mol. The van der Waals surface area contributed by atoms with Crippen LogP contribution >= 0.6 is 0 Å². The summed E-state index contributed by atoms with van der Waals surface area (Å²) in [5.74, 6) is 0.284. The predicted octanol–water partition coefficient (Wildman–Crippen LogP) is 2.21. The van der Waals surface area contributed by atoms with Crippen molar-refractivity contribution in [2.45, 2.75) is 25.5 Å². The summed E-state index contributed by atoms with van der Waals surface area (Å²) in [6.45, 7) is 5.33. The van der Waals surface area contributed by atoms with E-state index < -0.39 is 0 Å². The molecule has 118 valence electrons. The van der Waals surface area contributed by atoms with E-state index in [0.717, 1.165) is 26.1 Å². The molecule has 1 saturated heterocycles. The van der Waals surface area contributed by atoms with Crippen LogP contribution in [0.15, 0.2) is 18.2 Å². The fourth-order valence-electron chi connectivity index (χ4n) is 2.64. The van der Waals surface area contributed by atoms with Gasteiger partial charge in [-0.3, -0.25) is 0 Å². The normalized spacial score (nSPS) is 21.2. The molecule has 0 aromatic heterocycles. The van der Waals surface area contributed by atoms with Crippen molar-refractivity contribution >= 4 is 0 Å². The van der Waals surface area contributed by atoms with Crippen LogP contribution < -0.4 is 10.1 Å². The second-order valence-electron chi connectivity index (χ2n) is 5.49. The molecule has 21 heavy (non-hydrogen) atoms. The van der Waals surface area contributed by atoms with E-state index in [9.17, 15) is 4.39 Å². The third-order valence-electron chi connectivity index (χ3n) is 3.83. The van der Waals surface area contributed by atoms with Crippen molar-refractivity contribution in [3.63, 3.8) is 0 Å². The number of likely N-dealkylation sites (N-methyl/N-ethyl adjacent to an activating group) is 1. The Balaban J connectivity index is 2.22. The van der Waals surface area contributed by atoms with Crippen LogP contribution in [0.5, 0.6) is 5.75 Å². The van der Waals surface area contributed by atoms with Crippen LogP contribution in [-0.2, 0) is 4.74 Å². The summed E-state index contributed by atoms with van der Waals surface area (Å²) in [4.78, 5) is 2.22. The number of rotatable bonds is 6. The number of nitrogens with zero attached hydrogens (tertiary/aromatic N) is 1. The summed E-state index contributed by atoms with van der Waals surface area (Å²) in [7, 11) is 3.61. The third kappa shape index (κ3) is 4.15. The van der Waals surface area contributed by atoms with Gasteiger partial charge >= 0.3 is 0 Å². The maximum atomic E-state index is 14.4. The largest absolute Gasteiger partial charge is 0.497 e. The highest BCUT2D eigenvalue weighted by atomic mass is 19.1. The topological polar surface area (TPSA) is 33.7 Å². The number of halogens is 1. The van der Waals surface area contributed by atoms with E-state index in [0.29, 0.717) is 17.9 Å². The minimum absolute atomic E-state index is 0.0433. The second-order valence-corrected chi connectivity index (χ2v) is 5.49. The molecule has 0 radical (unpaired) electrons. The van der Waals surface area contributed by atoms with Crippen LogP contribution in [0.2, 0.25) is 0 Å². The van der Waals surface area contributed by atoms with Gasteiger partial charge in [0.05, 0.1) is 25.9 Å². The van der Waals surface area contributed by atoms with E-state index in [1.54, 1.807) is 19.2 Å². The van der Waals surface area contributed by atoms with Crippen LogP contribution in [0.3, 0.4) is 0 Å². The molecule has 1 aromatic carbocycles. The molecule has 2 rings (SSSR count). The van der Waals surface area contributed by atoms with Crippen LogP contribution in [0.25, 0.3) is 0 Å². The summed E-state index contributed by atoms with van der Waals surface area (Å²) < 4.78 is 25.3. The molecule has 0 aliphatic carbocycles. The lowest BCUT2D eigenvalue weighted by atomic mass is 9.99. The summed E-state index contributed by atoms with van der Waals surface area (Å²) in [5.41, 5.74) is 0.643. The molecule has 0 spiro atoms. The van der Waals surface area contributed by atoms with Crippen LogP contribution in [0, 0.1) is 5.82 Å². The van der Waals surface area contributed by atoms with Gasteiger partial charge in [-0.2, -0.15) is 0 Å². The van der Waals surface area contributed by atoms with Gasteiger partial charge in [0.25, 0.3) is 0 Å². The van der Waals surface area contributed by atoms with E-state index in [4.69, 9.17) is 9.47 Å².